The van der Waals surface area contributed by atoms with Gasteiger partial charge in [-0.05, 0) is 165 Å². The van der Waals surface area contributed by atoms with E-state index in [2.05, 4.69) is 59.8 Å². The minimum absolute atomic E-state index is 0. The Kier molecular flexibility index (Phi) is 43.8. The number of rotatable bonds is 24. The van der Waals surface area contributed by atoms with Crippen molar-refractivity contribution in [2.45, 2.75) is 58.7 Å². The van der Waals surface area contributed by atoms with Crippen molar-refractivity contribution < 1.29 is 183 Å². The Morgan fingerprint density at radius 1 is 0.271 bits per heavy atom. The summed E-state index contributed by atoms with van der Waals surface area (Å²) in [6, 6.07) is 64.3. The summed E-state index contributed by atoms with van der Waals surface area (Å²) in [6.45, 7) is 7.38. The second-order valence-electron chi connectivity index (χ2n) is 23.1. The minimum Gasteiger partial charge on any atom is -0.497 e. The van der Waals surface area contributed by atoms with Gasteiger partial charge in [-0.15, -0.1) is 41.0 Å². The number of methoxy groups -OCH3 is 3. The summed E-state index contributed by atoms with van der Waals surface area (Å²) in [6.07, 6.45) is 21.1. The zero-order chi connectivity index (χ0) is 84.5. The molecule has 12 rings (SSSR count). The molecule has 0 amide bonds. The molecule has 9 heterocycles. The minimum atomic E-state index is -4.94. The van der Waals surface area contributed by atoms with Crippen LogP contribution in [0.1, 0.15) is 89.4 Å². The van der Waals surface area contributed by atoms with Crippen LogP contribution in [0.4, 0.5) is 0 Å². The number of hydrogen-bond acceptors (Lipinski definition) is 34. The van der Waals surface area contributed by atoms with Crippen LogP contribution >= 0.6 is 0 Å². The van der Waals surface area contributed by atoms with Gasteiger partial charge in [-0.2, -0.15) is 0 Å². The van der Waals surface area contributed by atoms with Crippen molar-refractivity contribution in [1.29, 1.82) is 0 Å². The average molecular weight is 1800 g/mol. The number of halogens is 4. The van der Waals surface area contributed by atoms with Gasteiger partial charge in [-0.3, -0.25) is 59.8 Å². The first-order valence-corrected chi connectivity index (χ1v) is 38.4. The SMILES string of the molecule is COc1ccc([C@@H](C)N=Cc2ccc(OCc3ccc(-c4ccccn4)nc3)cn2)cc1.COc1ccc([C@@H](C)N=Cc2ccc(OCc3ccc(-c4ccccn4)nc3)cn2)cc1.COc1ccc([C@@H](C)N=Cc2ccc(OCc3ccc(-c4ccccn4)nc3)cn2)cc1.[O-][Cl+3]([O-])([O-])[O-].[O-][Cl+3]([O-])([O-])[O-].[O-][Cl+3]([O-])([O-])[O-].[O-][Cl+3]([O-])([O-])[O-].[Zn+2].[Zn+2]. The summed E-state index contributed by atoms with van der Waals surface area (Å²) in [5.74, 6) is 4.59. The Morgan fingerprint density at radius 3 is 0.669 bits per heavy atom. The molecule has 0 aliphatic carbocycles. The predicted octanol–water partition coefficient (Wildman–Crippen LogP) is -3.11. The number of hydrogen-bond donors (Lipinski definition) is 0. The first kappa shape index (κ1) is 99.9. The van der Waals surface area contributed by atoms with Crippen LogP contribution in [0, 0.1) is 41.0 Å². The van der Waals surface area contributed by atoms with Crippen molar-refractivity contribution in [1.82, 2.24) is 44.9 Å². The summed E-state index contributed by atoms with van der Waals surface area (Å²) in [7, 11) is -14.8. The summed E-state index contributed by atoms with van der Waals surface area (Å²) in [5, 5.41) is 0. The van der Waals surface area contributed by atoms with Crippen molar-refractivity contribution >= 4 is 18.6 Å². The van der Waals surface area contributed by atoms with Gasteiger partial charge in [0.15, 0.2) is 0 Å². The third kappa shape index (κ3) is 43.2. The second kappa shape index (κ2) is 51.7. The molecule has 0 spiro atoms. The molecule has 3 atom stereocenters. The Bertz CT molecular complexity index is 4320. The van der Waals surface area contributed by atoms with Gasteiger partial charge in [0.2, 0.25) is 0 Å². The molecule has 0 N–H and O–H groups in total. The number of nitrogens with zero attached hydrogens (tertiary/aromatic N) is 12. The zero-order valence-corrected chi connectivity index (χ0v) is 72.6. The van der Waals surface area contributed by atoms with Crippen LogP contribution in [0.2, 0.25) is 0 Å². The average Bonchev–Trinajstić information content (AvgIpc) is 0.868. The number of aliphatic imine (C=N–C) groups is 3. The molecule has 0 aliphatic heterocycles. The third-order valence-electron chi connectivity index (χ3n) is 14.8. The van der Waals surface area contributed by atoms with E-state index in [0.717, 1.165) is 102 Å². The Hall–Kier alpha value is -10.4. The fourth-order valence-electron chi connectivity index (χ4n) is 9.16. The summed E-state index contributed by atoms with van der Waals surface area (Å²) >= 11 is 0. The molecule has 3 aromatic carbocycles. The van der Waals surface area contributed by atoms with Gasteiger partial charge in [0.05, 0.1) is 109 Å². The monoisotopic (exact) mass is 1800 g/mol. The van der Waals surface area contributed by atoms with E-state index >= 15 is 0 Å². The van der Waals surface area contributed by atoms with E-state index < -0.39 is 41.0 Å². The zero-order valence-electron chi connectivity index (χ0n) is 63.6. The standard InChI is InChI=1S/3C26H24N4O2.4ClHO4.2Zn/c3*1-19(21-7-10-23(31-2)11-8-21)28-16-22-9-12-24(17-29-22)32-18-20-6-13-26(30-15-20)25-5-3-4-14-27-25;4*2-1(3,4)5;;/h3*3-17,19H,18H2,1-2H3;4*(H,2,3,4,5);;/q;;;;;;;2*+2/p-4/t3*19-;;;;;;/m111....../s1. The van der Waals surface area contributed by atoms with Crippen LogP contribution in [0.25, 0.3) is 34.2 Å². The fraction of sp³-hybridized carbons (Fsp3) is 0.154. The van der Waals surface area contributed by atoms with Gasteiger partial charge in [0, 0.05) is 72.5 Å². The first-order chi connectivity index (χ1) is 55.1. The topological polar surface area (TPSA) is 577 Å². The molecular weight excluding hydrogens is 1730 g/mol. The summed E-state index contributed by atoms with van der Waals surface area (Å²) < 4.78 is 169. The first-order valence-electron chi connectivity index (χ1n) is 33.5. The molecule has 0 saturated carbocycles. The second-order valence-corrected chi connectivity index (χ2v) is 26.1. The molecule has 0 unspecified atom stereocenters. The van der Waals surface area contributed by atoms with E-state index in [1.54, 1.807) is 95.7 Å². The molecule has 608 valence electrons. The van der Waals surface area contributed by atoms with E-state index in [1.807, 2.05) is 221 Å². The van der Waals surface area contributed by atoms with Gasteiger partial charge < -0.3 is 28.4 Å². The van der Waals surface area contributed by atoms with E-state index in [9.17, 15) is 0 Å². The van der Waals surface area contributed by atoms with Gasteiger partial charge >= 0.3 is 39.0 Å². The molecule has 118 heavy (non-hydrogen) atoms. The molecule has 0 radical (unpaired) electrons. The van der Waals surface area contributed by atoms with Gasteiger partial charge in [0.1, 0.15) is 54.3 Å². The van der Waals surface area contributed by atoms with E-state index in [1.165, 1.54) is 0 Å². The molecular formula is C78H72Cl4N12O22Zn2. The van der Waals surface area contributed by atoms with E-state index in [4.69, 9.17) is 103 Å². The Balaban J connectivity index is 0.000000330. The number of pyridine rings is 9. The summed E-state index contributed by atoms with van der Waals surface area (Å²) in [4.78, 5) is 53.4. The maximum atomic E-state index is 8.49. The largest absolute Gasteiger partial charge is 2.00 e. The number of aromatic nitrogens is 9. The quantitative estimate of drug-likeness (QED) is 0.0427. The Morgan fingerprint density at radius 2 is 0.492 bits per heavy atom. The molecule has 0 saturated heterocycles. The molecule has 0 bridgehead atoms. The number of benzene rings is 3. The van der Waals surface area contributed by atoms with Crippen LogP contribution in [0.15, 0.2) is 271 Å². The molecule has 34 nitrogen and oxygen atoms in total. The van der Waals surface area contributed by atoms with Crippen molar-refractivity contribution in [3.8, 4) is 68.7 Å². The Labute approximate surface area is 711 Å². The van der Waals surface area contributed by atoms with E-state index in [0.29, 0.717) is 37.1 Å². The molecule has 12 aromatic rings. The maximum Gasteiger partial charge on any atom is 2.00 e. The predicted molar refractivity (Wildman–Crippen MR) is 375 cm³/mol. The van der Waals surface area contributed by atoms with E-state index in [-0.39, 0.29) is 57.1 Å². The van der Waals surface area contributed by atoms with Gasteiger partial charge in [0.25, 0.3) is 0 Å². The maximum absolute atomic E-state index is 8.49. The molecule has 0 aliphatic rings. The van der Waals surface area contributed by atoms with Crippen molar-refractivity contribution in [3.63, 3.8) is 0 Å². The van der Waals surface area contributed by atoms with Crippen molar-refractivity contribution in [3.05, 3.63) is 306 Å². The van der Waals surface area contributed by atoms with Crippen LogP contribution in [0.5, 0.6) is 34.5 Å². The van der Waals surface area contributed by atoms with Gasteiger partial charge in [-0.1, -0.05) is 72.8 Å². The van der Waals surface area contributed by atoms with Crippen LogP contribution < -0.4 is 103 Å². The van der Waals surface area contributed by atoms with Crippen LogP contribution in [0.3, 0.4) is 0 Å². The third-order valence-corrected chi connectivity index (χ3v) is 14.8. The van der Waals surface area contributed by atoms with Crippen molar-refractivity contribution in [2.24, 2.45) is 15.0 Å². The smallest absolute Gasteiger partial charge is 0.497 e. The number of ether oxygens (including phenoxy) is 6. The molecule has 40 heteroatoms. The van der Waals surface area contributed by atoms with Gasteiger partial charge in [-0.25, -0.2) is 74.5 Å². The van der Waals surface area contributed by atoms with Crippen LogP contribution in [-0.4, -0.2) is 84.8 Å². The van der Waals surface area contributed by atoms with Crippen molar-refractivity contribution in [2.75, 3.05) is 21.3 Å². The van der Waals surface area contributed by atoms with Crippen LogP contribution in [-0.2, 0) is 58.8 Å². The fourth-order valence-corrected chi connectivity index (χ4v) is 9.16. The normalized spacial score (nSPS) is 11.7. The molecule has 0 fully saturated rings. The summed E-state index contributed by atoms with van der Waals surface area (Å²) in [5.41, 5.74) is 13.7. The molecule has 9 aromatic heterocycles.